The smallest absolute Gasteiger partial charge is 0.145 e. The van der Waals surface area contributed by atoms with Crippen LogP contribution in [0.2, 0.25) is 0 Å². The monoisotopic (exact) mass is 231 g/mol. The lowest BCUT2D eigenvalue weighted by molar-refractivity contribution is 0.408. The maximum absolute atomic E-state index is 5.59. The molecule has 1 heterocycles. The summed E-state index contributed by atoms with van der Waals surface area (Å²) in [6.45, 7) is 4.29. The van der Waals surface area contributed by atoms with Gasteiger partial charge < -0.3 is 10.5 Å². The molecule has 90 valence electrons. The molecule has 1 aromatic heterocycles. The van der Waals surface area contributed by atoms with Crippen molar-refractivity contribution in [3.63, 3.8) is 0 Å². The zero-order chi connectivity index (χ0) is 12.4. The highest BCUT2D eigenvalue weighted by Gasteiger charge is 2.10. The van der Waals surface area contributed by atoms with Crippen molar-refractivity contribution >= 4 is 5.82 Å². The highest BCUT2D eigenvalue weighted by atomic mass is 16.5. The summed E-state index contributed by atoms with van der Waals surface area (Å²) in [6, 6.07) is 7.94. The molecule has 2 rings (SSSR count). The zero-order valence-electron chi connectivity index (χ0n) is 10.3. The maximum Gasteiger partial charge on any atom is 0.145 e. The standard InChI is InChI=1S/C13H17N3O/c1-8(2)10-5-4-9(6-12(10)17-3)11-7-13(14)16-15-11/h4-8H,1-3H3,(H3,14,15,16). The largest absolute Gasteiger partial charge is 0.496 e. The van der Waals surface area contributed by atoms with E-state index in [0.717, 1.165) is 17.0 Å². The van der Waals surface area contributed by atoms with Crippen LogP contribution in [0.4, 0.5) is 5.82 Å². The molecule has 0 aliphatic rings. The summed E-state index contributed by atoms with van der Waals surface area (Å²) in [6.07, 6.45) is 0. The predicted octanol–water partition coefficient (Wildman–Crippen LogP) is 2.79. The van der Waals surface area contributed by atoms with Crippen LogP contribution >= 0.6 is 0 Å². The minimum Gasteiger partial charge on any atom is -0.496 e. The van der Waals surface area contributed by atoms with Gasteiger partial charge in [0.05, 0.1) is 12.8 Å². The molecule has 0 saturated heterocycles. The maximum atomic E-state index is 5.59. The summed E-state index contributed by atoms with van der Waals surface area (Å²) < 4.78 is 5.41. The topological polar surface area (TPSA) is 63.9 Å². The third-order valence-corrected chi connectivity index (χ3v) is 2.76. The molecular formula is C13H17N3O. The Hall–Kier alpha value is -1.97. The lowest BCUT2D eigenvalue weighted by atomic mass is 9.99. The first kappa shape index (κ1) is 11.5. The van der Waals surface area contributed by atoms with Gasteiger partial charge >= 0.3 is 0 Å². The van der Waals surface area contributed by atoms with Gasteiger partial charge in [0, 0.05) is 11.6 Å². The minimum absolute atomic E-state index is 0.436. The number of methoxy groups -OCH3 is 1. The molecule has 1 aromatic carbocycles. The van der Waals surface area contributed by atoms with Crippen molar-refractivity contribution in [2.45, 2.75) is 19.8 Å². The van der Waals surface area contributed by atoms with E-state index in [9.17, 15) is 0 Å². The van der Waals surface area contributed by atoms with Gasteiger partial charge in [0.2, 0.25) is 0 Å². The highest BCUT2D eigenvalue weighted by molar-refractivity contribution is 5.65. The van der Waals surface area contributed by atoms with Crippen molar-refractivity contribution in [3.05, 3.63) is 29.8 Å². The van der Waals surface area contributed by atoms with Crippen molar-refractivity contribution in [2.24, 2.45) is 0 Å². The number of anilines is 1. The van der Waals surface area contributed by atoms with E-state index in [1.54, 1.807) is 7.11 Å². The second kappa shape index (κ2) is 4.49. The van der Waals surface area contributed by atoms with Gasteiger partial charge in [0.25, 0.3) is 0 Å². The molecule has 4 nitrogen and oxygen atoms in total. The van der Waals surface area contributed by atoms with E-state index in [2.05, 4.69) is 30.1 Å². The second-order valence-electron chi connectivity index (χ2n) is 4.32. The second-order valence-corrected chi connectivity index (χ2v) is 4.32. The van der Waals surface area contributed by atoms with Crippen molar-refractivity contribution in [3.8, 4) is 17.0 Å². The highest BCUT2D eigenvalue weighted by Crippen LogP contribution is 2.31. The normalized spacial score (nSPS) is 10.8. The third kappa shape index (κ3) is 2.25. The minimum atomic E-state index is 0.436. The lowest BCUT2D eigenvalue weighted by Crippen LogP contribution is -1.94. The van der Waals surface area contributed by atoms with Crippen molar-refractivity contribution in [1.82, 2.24) is 10.2 Å². The Morgan fingerprint density at radius 2 is 2.06 bits per heavy atom. The van der Waals surface area contributed by atoms with E-state index in [0.29, 0.717) is 11.7 Å². The quantitative estimate of drug-likeness (QED) is 0.853. The van der Waals surface area contributed by atoms with E-state index in [1.165, 1.54) is 5.56 Å². The first-order valence-electron chi connectivity index (χ1n) is 5.61. The molecule has 0 bridgehead atoms. The van der Waals surface area contributed by atoms with Crippen LogP contribution in [0.15, 0.2) is 24.3 Å². The summed E-state index contributed by atoms with van der Waals surface area (Å²) in [5, 5.41) is 6.81. The fourth-order valence-electron chi connectivity index (χ4n) is 1.84. The van der Waals surface area contributed by atoms with Crippen molar-refractivity contribution < 1.29 is 4.74 Å². The van der Waals surface area contributed by atoms with Gasteiger partial charge in [-0.15, -0.1) is 0 Å². The van der Waals surface area contributed by atoms with Crippen LogP contribution in [0, 0.1) is 0 Å². The molecule has 0 unspecified atom stereocenters. The van der Waals surface area contributed by atoms with E-state index in [-0.39, 0.29) is 0 Å². The number of H-pyrrole nitrogens is 1. The number of aromatic amines is 1. The summed E-state index contributed by atoms with van der Waals surface area (Å²) in [5.74, 6) is 1.82. The SMILES string of the molecule is COc1cc(-c2cc(N)n[nH]2)ccc1C(C)C. The van der Waals surface area contributed by atoms with Crippen molar-refractivity contribution in [2.75, 3.05) is 12.8 Å². The number of ether oxygens (including phenoxy) is 1. The summed E-state index contributed by atoms with van der Waals surface area (Å²) in [7, 11) is 1.69. The van der Waals surface area contributed by atoms with Gasteiger partial charge in [-0.2, -0.15) is 5.10 Å². The zero-order valence-corrected chi connectivity index (χ0v) is 10.3. The first-order chi connectivity index (χ1) is 8.11. The average Bonchev–Trinajstić information content (AvgIpc) is 2.75. The van der Waals surface area contributed by atoms with Gasteiger partial charge in [0.1, 0.15) is 11.6 Å². The van der Waals surface area contributed by atoms with Crippen LogP contribution < -0.4 is 10.5 Å². The van der Waals surface area contributed by atoms with Crippen LogP contribution in [0.1, 0.15) is 25.3 Å². The van der Waals surface area contributed by atoms with Crippen LogP contribution in [-0.2, 0) is 0 Å². The number of hydrogen-bond acceptors (Lipinski definition) is 3. The number of nitrogens with two attached hydrogens (primary N) is 1. The molecule has 3 N–H and O–H groups in total. The molecule has 2 aromatic rings. The molecule has 0 radical (unpaired) electrons. The predicted molar refractivity (Wildman–Crippen MR) is 69.1 cm³/mol. The van der Waals surface area contributed by atoms with Crippen LogP contribution in [0.25, 0.3) is 11.3 Å². The number of benzene rings is 1. The summed E-state index contributed by atoms with van der Waals surface area (Å²) in [4.78, 5) is 0. The number of rotatable bonds is 3. The number of nitrogens with one attached hydrogen (secondary N) is 1. The molecule has 17 heavy (non-hydrogen) atoms. The molecule has 0 aliphatic heterocycles. The Labute approximate surface area is 101 Å². The fourth-order valence-corrected chi connectivity index (χ4v) is 1.84. The van der Waals surface area contributed by atoms with E-state index < -0.39 is 0 Å². The number of nitrogens with zero attached hydrogens (tertiary/aromatic N) is 1. The third-order valence-electron chi connectivity index (χ3n) is 2.76. The molecule has 0 saturated carbocycles. The molecule has 0 aliphatic carbocycles. The van der Waals surface area contributed by atoms with Gasteiger partial charge in [-0.1, -0.05) is 26.0 Å². The Balaban J connectivity index is 2.44. The summed E-state index contributed by atoms with van der Waals surface area (Å²) >= 11 is 0. The van der Waals surface area contributed by atoms with Gasteiger partial charge in [-0.05, 0) is 17.5 Å². The van der Waals surface area contributed by atoms with Gasteiger partial charge in [-0.25, -0.2) is 0 Å². The van der Waals surface area contributed by atoms with Crippen LogP contribution in [-0.4, -0.2) is 17.3 Å². The Morgan fingerprint density at radius 1 is 1.29 bits per heavy atom. The lowest BCUT2D eigenvalue weighted by Gasteiger charge is -2.12. The molecule has 0 amide bonds. The van der Waals surface area contributed by atoms with E-state index in [1.807, 2.05) is 18.2 Å². The average molecular weight is 231 g/mol. The number of nitrogen functional groups attached to an aromatic ring is 1. The Kier molecular flexibility index (Phi) is 3.04. The van der Waals surface area contributed by atoms with Crippen LogP contribution in [0.3, 0.4) is 0 Å². The van der Waals surface area contributed by atoms with E-state index >= 15 is 0 Å². The van der Waals surface area contributed by atoms with E-state index in [4.69, 9.17) is 10.5 Å². The number of aromatic nitrogens is 2. The molecular weight excluding hydrogens is 214 g/mol. The molecule has 0 fully saturated rings. The molecule has 0 spiro atoms. The Morgan fingerprint density at radius 3 is 2.59 bits per heavy atom. The Bertz CT molecular complexity index is 517. The van der Waals surface area contributed by atoms with Gasteiger partial charge in [0.15, 0.2) is 0 Å². The first-order valence-corrected chi connectivity index (χ1v) is 5.61. The summed E-state index contributed by atoms with van der Waals surface area (Å²) in [5.41, 5.74) is 8.71. The fraction of sp³-hybridized carbons (Fsp3) is 0.308. The molecule has 0 atom stereocenters. The molecule has 4 heteroatoms. The van der Waals surface area contributed by atoms with Crippen molar-refractivity contribution in [1.29, 1.82) is 0 Å². The van der Waals surface area contributed by atoms with Gasteiger partial charge in [-0.3, -0.25) is 5.10 Å². The number of hydrogen-bond donors (Lipinski definition) is 2. The van der Waals surface area contributed by atoms with Crippen LogP contribution in [0.5, 0.6) is 5.75 Å².